The quantitative estimate of drug-likeness (QED) is 0.850. The largest absolute Gasteiger partial charge is 0.343 e. The molecule has 1 heterocycles. The number of nitrogens with two attached hydrogens (primary N) is 1. The fourth-order valence-electron chi connectivity index (χ4n) is 3.46. The Kier molecular flexibility index (Phi) is 5.26. The van der Waals surface area contributed by atoms with E-state index in [1.807, 2.05) is 0 Å². The van der Waals surface area contributed by atoms with Crippen molar-refractivity contribution < 1.29 is 4.79 Å². The number of hydrogen-bond donors (Lipinski definition) is 1. The minimum atomic E-state index is 0.264. The van der Waals surface area contributed by atoms with Crippen LogP contribution in [-0.4, -0.2) is 30.4 Å². The molecule has 0 unspecified atom stereocenters. The lowest BCUT2D eigenvalue weighted by Gasteiger charge is -2.38. The second-order valence-corrected chi connectivity index (χ2v) is 6.94. The summed E-state index contributed by atoms with van der Waals surface area (Å²) >= 11 is 0. The van der Waals surface area contributed by atoms with E-state index in [0.717, 1.165) is 51.2 Å². The molecule has 2 fully saturated rings. The smallest absolute Gasteiger partial charge is 0.222 e. The molecule has 19 heavy (non-hydrogen) atoms. The summed E-state index contributed by atoms with van der Waals surface area (Å²) in [6.07, 6.45) is 10.9. The Balaban J connectivity index is 1.69. The van der Waals surface area contributed by atoms with Gasteiger partial charge in [0.25, 0.3) is 0 Å². The lowest BCUT2D eigenvalue weighted by atomic mass is 9.80. The van der Waals surface area contributed by atoms with Crippen molar-refractivity contribution in [1.82, 2.24) is 4.90 Å². The molecule has 2 aliphatic rings. The van der Waals surface area contributed by atoms with E-state index < -0.39 is 0 Å². The van der Waals surface area contributed by atoms with E-state index in [9.17, 15) is 4.79 Å². The molecule has 2 rings (SSSR count). The van der Waals surface area contributed by atoms with E-state index in [-0.39, 0.29) is 5.41 Å². The number of piperidine rings is 1. The van der Waals surface area contributed by atoms with Gasteiger partial charge in [0.1, 0.15) is 0 Å². The monoisotopic (exact) mass is 266 g/mol. The van der Waals surface area contributed by atoms with Gasteiger partial charge in [-0.15, -0.1) is 0 Å². The fraction of sp³-hybridized carbons (Fsp3) is 0.938. The first-order valence-electron chi connectivity index (χ1n) is 8.11. The normalized spacial score (nSPS) is 24.4. The first kappa shape index (κ1) is 14.8. The Labute approximate surface area is 117 Å². The topological polar surface area (TPSA) is 46.3 Å². The molecule has 0 aromatic carbocycles. The molecule has 1 saturated carbocycles. The van der Waals surface area contributed by atoms with Gasteiger partial charge >= 0.3 is 0 Å². The van der Waals surface area contributed by atoms with E-state index in [1.54, 1.807) is 0 Å². The summed E-state index contributed by atoms with van der Waals surface area (Å²) in [5.74, 6) is 1.20. The van der Waals surface area contributed by atoms with Crippen molar-refractivity contribution in [2.45, 2.75) is 64.7 Å². The highest BCUT2D eigenvalue weighted by molar-refractivity contribution is 5.76. The number of amides is 1. The van der Waals surface area contributed by atoms with Gasteiger partial charge in [0, 0.05) is 19.5 Å². The number of hydrogen-bond acceptors (Lipinski definition) is 2. The van der Waals surface area contributed by atoms with Crippen LogP contribution in [0.1, 0.15) is 64.7 Å². The number of carbonyl (C=O) groups excluding carboxylic acids is 1. The van der Waals surface area contributed by atoms with Crippen molar-refractivity contribution in [2.24, 2.45) is 17.1 Å². The van der Waals surface area contributed by atoms with Crippen LogP contribution in [0.15, 0.2) is 0 Å². The van der Waals surface area contributed by atoms with E-state index in [2.05, 4.69) is 11.8 Å². The van der Waals surface area contributed by atoms with Gasteiger partial charge in [0.05, 0.1) is 0 Å². The molecule has 2 N–H and O–H groups in total. The minimum absolute atomic E-state index is 0.264. The van der Waals surface area contributed by atoms with Crippen LogP contribution < -0.4 is 5.73 Å². The zero-order chi connectivity index (χ0) is 13.7. The molecular weight excluding hydrogens is 236 g/mol. The Morgan fingerprint density at radius 3 is 2.42 bits per heavy atom. The van der Waals surface area contributed by atoms with Gasteiger partial charge in [0.15, 0.2) is 0 Å². The van der Waals surface area contributed by atoms with Crippen molar-refractivity contribution in [3.05, 3.63) is 0 Å². The summed E-state index contributed by atoms with van der Waals surface area (Å²) < 4.78 is 0. The number of nitrogens with zero attached hydrogens (tertiary/aromatic N) is 1. The number of carbonyl (C=O) groups is 1. The van der Waals surface area contributed by atoms with Crippen LogP contribution in [0.3, 0.4) is 0 Å². The standard InChI is InChI=1S/C16H30N2O/c1-16(13-17)9-11-18(12-10-16)15(19)8-7-14-5-3-2-4-6-14/h14H,2-13,17H2,1H3. The average molecular weight is 266 g/mol. The van der Waals surface area contributed by atoms with Crippen molar-refractivity contribution >= 4 is 5.91 Å². The summed E-state index contributed by atoms with van der Waals surface area (Å²) in [7, 11) is 0. The van der Waals surface area contributed by atoms with Gasteiger partial charge in [-0.3, -0.25) is 4.79 Å². The maximum Gasteiger partial charge on any atom is 0.222 e. The SMILES string of the molecule is CC1(CN)CCN(C(=O)CCC2CCCCC2)CC1. The molecule has 1 aliphatic heterocycles. The molecule has 1 aliphatic carbocycles. The third-order valence-corrected chi connectivity index (χ3v) is 5.31. The molecule has 3 nitrogen and oxygen atoms in total. The highest BCUT2D eigenvalue weighted by atomic mass is 16.2. The lowest BCUT2D eigenvalue weighted by Crippen LogP contribution is -2.44. The Morgan fingerprint density at radius 1 is 1.21 bits per heavy atom. The summed E-state index contributed by atoms with van der Waals surface area (Å²) in [5, 5.41) is 0. The van der Waals surface area contributed by atoms with Crippen molar-refractivity contribution in [3.8, 4) is 0 Å². The molecule has 0 bridgehead atoms. The predicted octanol–water partition coefficient (Wildman–Crippen LogP) is 2.93. The van der Waals surface area contributed by atoms with Crippen LogP contribution >= 0.6 is 0 Å². The summed E-state index contributed by atoms with van der Waals surface area (Å²) in [4.78, 5) is 14.3. The van der Waals surface area contributed by atoms with Crippen LogP contribution in [0.5, 0.6) is 0 Å². The molecule has 0 aromatic rings. The van der Waals surface area contributed by atoms with Crippen LogP contribution in [-0.2, 0) is 4.79 Å². The first-order valence-corrected chi connectivity index (χ1v) is 8.11. The van der Waals surface area contributed by atoms with Crippen LogP contribution in [0.4, 0.5) is 0 Å². The van der Waals surface area contributed by atoms with E-state index in [0.29, 0.717) is 5.91 Å². The fourth-order valence-corrected chi connectivity index (χ4v) is 3.46. The lowest BCUT2D eigenvalue weighted by molar-refractivity contribution is -0.133. The molecule has 0 spiro atoms. The number of likely N-dealkylation sites (tertiary alicyclic amines) is 1. The molecule has 1 saturated heterocycles. The van der Waals surface area contributed by atoms with Gasteiger partial charge in [-0.05, 0) is 37.1 Å². The molecule has 0 radical (unpaired) electrons. The zero-order valence-corrected chi connectivity index (χ0v) is 12.5. The third kappa shape index (κ3) is 4.20. The second-order valence-electron chi connectivity index (χ2n) is 6.94. The maximum atomic E-state index is 12.2. The van der Waals surface area contributed by atoms with Gasteiger partial charge in [0.2, 0.25) is 5.91 Å². The van der Waals surface area contributed by atoms with Gasteiger partial charge in [-0.1, -0.05) is 39.0 Å². The summed E-state index contributed by atoms with van der Waals surface area (Å²) in [6, 6.07) is 0. The summed E-state index contributed by atoms with van der Waals surface area (Å²) in [6.45, 7) is 4.82. The third-order valence-electron chi connectivity index (χ3n) is 5.31. The molecular formula is C16H30N2O. The summed E-state index contributed by atoms with van der Waals surface area (Å²) in [5.41, 5.74) is 6.08. The second kappa shape index (κ2) is 6.74. The molecule has 110 valence electrons. The zero-order valence-electron chi connectivity index (χ0n) is 12.5. The van der Waals surface area contributed by atoms with Gasteiger partial charge in [-0.2, -0.15) is 0 Å². The maximum absolute atomic E-state index is 12.2. The van der Waals surface area contributed by atoms with E-state index in [1.165, 1.54) is 32.1 Å². The average Bonchev–Trinajstić information content (AvgIpc) is 2.47. The molecule has 3 heteroatoms. The highest BCUT2D eigenvalue weighted by Gasteiger charge is 2.30. The number of rotatable bonds is 4. The highest BCUT2D eigenvalue weighted by Crippen LogP contribution is 2.31. The van der Waals surface area contributed by atoms with Gasteiger partial charge < -0.3 is 10.6 Å². The van der Waals surface area contributed by atoms with Crippen molar-refractivity contribution in [2.75, 3.05) is 19.6 Å². The Hall–Kier alpha value is -0.570. The van der Waals surface area contributed by atoms with Crippen molar-refractivity contribution in [1.29, 1.82) is 0 Å². The molecule has 0 atom stereocenters. The van der Waals surface area contributed by atoms with Crippen LogP contribution in [0.2, 0.25) is 0 Å². The van der Waals surface area contributed by atoms with Gasteiger partial charge in [-0.25, -0.2) is 0 Å². The Bertz CT molecular complexity index is 289. The van der Waals surface area contributed by atoms with Crippen molar-refractivity contribution in [3.63, 3.8) is 0 Å². The minimum Gasteiger partial charge on any atom is -0.343 e. The van der Waals surface area contributed by atoms with Crippen LogP contribution in [0.25, 0.3) is 0 Å². The predicted molar refractivity (Wildman–Crippen MR) is 78.8 cm³/mol. The van der Waals surface area contributed by atoms with E-state index in [4.69, 9.17) is 5.73 Å². The van der Waals surface area contributed by atoms with Crippen LogP contribution in [0, 0.1) is 11.3 Å². The first-order chi connectivity index (χ1) is 9.13. The van der Waals surface area contributed by atoms with E-state index >= 15 is 0 Å². The molecule has 1 amide bonds. The molecule has 0 aromatic heterocycles. The Morgan fingerprint density at radius 2 is 1.84 bits per heavy atom.